The van der Waals surface area contributed by atoms with Crippen molar-refractivity contribution in [1.82, 2.24) is 9.97 Å². The van der Waals surface area contributed by atoms with Gasteiger partial charge in [0, 0.05) is 12.4 Å². The average Bonchev–Trinajstić information content (AvgIpc) is 2.83. The number of imidazole rings is 1. The minimum Gasteiger partial charge on any atom is -0.343 e. The van der Waals surface area contributed by atoms with Crippen LogP contribution in [0.3, 0.4) is 0 Å². The number of H-pyrrole nitrogens is 1. The van der Waals surface area contributed by atoms with Crippen molar-refractivity contribution in [2.75, 3.05) is 0 Å². The van der Waals surface area contributed by atoms with Gasteiger partial charge in [-0.1, -0.05) is 24.3 Å². The molecule has 0 saturated carbocycles. The third-order valence-corrected chi connectivity index (χ3v) is 2.54. The second-order valence-corrected chi connectivity index (χ2v) is 3.50. The smallest absolute Gasteiger partial charge is 0.276 e. The van der Waals surface area contributed by atoms with Gasteiger partial charge >= 0.3 is 0 Å². The SMILES string of the molecule is O=C1N=NC(c2ncc[nH]2)=C2C=CC=CC12. The third-order valence-electron chi connectivity index (χ3n) is 2.54. The second-order valence-electron chi connectivity index (χ2n) is 3.50. The molecule has 2 heterocycles. The molecule has 1 unspecified atom stereocenters. The minimum absolute atomic E-state index is 0.231. The molecule has 1 N–H and O–H groups in total. The van der Waals surface area contributed by atoms with Crippen molar-refractivity contribution in [1.29, 1.82) is 0 Å². The van der Waals surface area contributed by atoms with E-state index in [1.54, 1.807) is 12.4 Å². The Kier molecular flexibility index (Phi) is 1.89. The zero-order chi connectivity index (χ0) is 11.0. The fraction of sp³-hybridized carbons (Fsp3) is 0.0909. The lowest BCUT2D eigenvalue weighted by Crippen LogP contribution is -2.17. The van der Waals surface area contributed by atoms with Gasteiger partial charge in [0.2, 0.25) is 0 Å². The molecule has 0 saturated heterocycles. The molecular weight excluding hydrogens is 204 g/mol. The molecule has 0 bridgehead atoms. The number of aromatic amines is 1. The van der Waals surface area contributed by atoms with Gasteiger partial charge in [0.25, 0.3) is 5.91 Å². The maximum atomic E-state index is 11.5. The van der Waals surface area contributed by atoms with Crippen molar-refractivity contribution in [2.45, 2.75) is 0 Å². The van der Waals surface area contributed by atoms with E-state index in [1.807, 2.05) is 24.3 Å². The van der Waals surface area contributed by atoms with Gasteiger partial charge in [-0.05, 0) is 5.57 Å². The number of carbonyl (C=O) groups excluding carboxylic acids is 1. The van der Waals surface area contributed by atoms with Gasteiger partial charge in [-0.3, -0.25) is 4.79 Å². The van der Waals surface area contributed by atoms with Crippen molar-refractivity contribution in [2.24, 2.45) is 16.1 Å². The fourth-order valence-electron chi connectivity index (χ4n) is 1.78. The van der Waals surface area contributed by atoms with E-state index >= 15 is 0 Å². The van der Waals surface area contributed by atoms with Crippen LogP contribution in [-0.4, -0.2) is 15.9 Å². The van der Waals surface area contributed by atoms with Crippen LogP contribution in [0.4, 0.5) is 0 Å². The molecule has 5 heteroatoms. The summed E-state index contributed by atoms with van der Waals surface area (Å²) in [6.07, 6.45) is 10.8. The summed E-state index contributed by atoms with van der Waals surface area (Å²) in [6, 6.07) is 0. The van der Waals surface area contributed by atoms with Crippen molar-refractivity contribution in [3.63, 3.8) is 0 Å². The standard InChI is InChI=1S/C11H8N4O/c16-11-8-4-2-1-3-7(8)9(14-15-11)10-12-5-6-13-10/h1-6,8H,(H,12,13). The van der Waals surface area contributed by atoms with Crippen LogP contribution in [0, 0.1) is 5.92 Å². The Labute approximate surface area is 91.3 Å². The van der Waals surface area contributed by atoms with Crippen LogP contribution < -0.4 is 0 Å². The molecule has 0 spiro atoms. The molecule has 0 fully saturated rings. The number of aromatic nitrogens is 2. The van der Waals surface area contributed by atoms with E-state index in [9.17, 15) is 4.79 Å². The summed E-state index contributed by atoms with van der Waals surface area (Å²) in [5.41, 5.74) is 1.48. The van der Waals surface area contributed by atoms with Crippen LogP contribution >= 0.6 is 0 Å². The second kappa shape index (κ2) is 3.37. The van der Waals surface area contributed by atoms with E-state index in [2.05, 4.69) is 20.2 Å². The highest BCUT2D eigenvalue weighted by atomic mass is 16.2. The van der Waals surface area contributed by atoms with E-state index in [0.29, 0.717) is 11.5 Å². The van der Waals surface area contributed by atoms with Gasteiger partial charge in [0.05, 0.1) is 5.92 Å². The zero-order valence-corrected chi connectivity index (χ0v) is 8.29. The molecule has 2 aliphatic rings. The summed E-state index contributed by atoms with van der Waals surface area (Å²) < 4.78 is 0. The molecule has 1 atom stereocenters. The van der Waals surface area contributed by atoms with Crippen LogP contribution in [-0.2, 0) is 4.79 Å². The number of azo groups is 1. The number of rotatable bonds is 1. The van der Waals surface area contributed by atoms with Crippen LogP contribution in [0.15, 0.2) is 52.5 Å². The topological polar surface area (TPSA) is 70.5 Å². The first-order valence-electron chi connectivity index (χ1n) is 4.90. The molecular formula is C11H8N4O. The Balaban J connectivity index is 2.17. The molecule has 1 aromatic heterocycles. The van der Waals surface area contributed by atoms with Crippen LogP contribution in [0.1, 0.15) is 5.82 Å². The number of nitrogens with one attached hydrogen (secondary N) is 1. The molecule has 16 heavy (non-hydrogen) atoms. The average molecular weight is 212 g/mol. The van der Waals surface area contributed by atoms with Gasteiger partial charge in [0.1, 0.15) is 5.70 Å². The number of nitrogens with zero attached hydrogens (tertiary/aromatic N) is 3. The van der Waals surface area contributed by atoms with Crippen molar-refractivity contribution < 1.29 is 4.79 Å². The molecule has 1 aliphatic heterocycles. The van der Waals surface area contributed by atoms with Crippen molar-refractivity contribution in [3.8, 4) is 0 Å². The van der Waals surface area contributed by atoms with E-state index in [4.69, 9.17) is 0 Å². The molecule has 1 aromatic rings. The lowest BCUT2D eigenvalue weighted by Gasteiger charge is -2.18. The van der Waals surface area contributed by atoms with Crippen LogP contribution in [0.25, 0.3) is 5.70 Å². The fourth-order valence-corrected chi connectivity index (χ4v) is 1.78. The molecule has 78 valence electrons. The molecule has 0 aromatic carbocycles. The van der Waals surface area contributed by atoms with Gasteiger partial charge in [-0.15, -0.1) is 10.2 Å². The zero-order valence-electron chi connectivity index (χ0n) is 8.29. The van der Waals surface area contributed by atoms with E-state index in [-0.39, 0.29) is 11.8 Å². The predicted octanol–water partition coefficient (Wildman–Crippen LogP) is 1.86. The summed E-state index contributed by atoms with van der Waals surface area (Å²) in [5.74, 6) is 0.0877. The number of hydrogen-bond acceptors (Lipinski definition) is 3. The summed E-state index contributed by atoms with van der Waals surface area (Å²) in [7, 11) is 0. The lowest BCUT2D eigenvalue weighted by molar-refractivity contribution is -0.119. The largest absolute Gasteiger partial charge is 0.343 e. The van der Waals surface area contributed by atoms with E-state index < -0.39 is 0 Å². The summed E-state index contributed by atoms with van der Waals surface area (Å²) in [5, 5.41) is 7.55. The minimum atomic E-state index is -0.317. The Hall–Kier alpha value is -2.30. The van der Waals surface area contributed by atoms with Gasteiger partial charge < -0.3 is 4.98 Å². The monoisotopic (exact) mass is 212 g/mol. The van der Waals surface area contributed by atoms with E-state index in [0.717, 1.165) is 5.57 Å². The highest BCUT2D eigenvalue weighted by Crippen LogP contribution is 2.32. The van der Waals surface area contributed by atoms with Crippen LogP contribution in [0.5, 0.6) is 0 Å². The number of carbonyl (C=O) groups is 1. The molecule has 1 amide bonds. The van der Waals surface area contributed by atoms with E-state index in [1.165, 1.54) is 0 Å². The Bertz CT molecular complexity index is 549. The van der Waals surface area contributed by atoms with Crippen LogP contribution in [0.2, 0.25) is 0 Å². The molecule has 0 radical (unpaired) electrons. The predicted molar refractivity (Wildman–Crippen MR) is 57.1 cm³/mol. The molecule has 5 nitrogen and oxygen atoms in total. The van der Waals surface area contributed by atoms with Crippen molar-refractivity contribution in [3.05, 3.63) is 48.1 Å². The molecule has 3 rings (SSSR count). The quantitative estimate of drug-likeness (QED) is 0.771. The first-order chi connectivity index (χ1) is 7.86. The first kappa shape index (κ1) is 8.96. The number of amides is 1. The Morgan fingerprint density at radius 2 is 2.19 bits per heavy atom. The highest BCUT2D eigenvalue weighted by Gasteiger charge is 2.28. The third kappa shape index (κ3) is 1.25. The highest BCUT2D eigenvalue weighted by molar-refractivity contribution is 5.90. The van der Waals surface area contributed by atoms with Gasteiger partial charge in [-0.25, -0.2) is 4.98 Å². The van der Waals surface area contributed by atoms with Crippen molar-refractivity contribution >= 4 is 11.6 Å². The summed E-state index contributed by atoms with van der Waals surface area (Å²) in [4.78, 5) is 18.6. The molecule has 1 aliphatic carbocycles. The number of hydrogen-bond donors (Lipinski definition) is 1. The Morgan fingerprint density at radius 3 is 3.00 bits per heavy atom. The maximum absolute atomic E-state index is 11.5. The lowest BCUT2D eigenvalue weighted by atomic mass is 9.91. The van der Waals surface area contributed by atoms with Gasteiger partial charge in [0.15, 0.2) is 5.82 Å². The summed E-state index contributed by atoms with van der Waals surface area (Å²) in [6.45, 7) is 0. The number of allylic oxidation sites excluding steroid dienone is 3. The number of fused-ring (bicyclic) bond motifs is 1. The van der Waals surface area contributed by atoms with Gasteiger partial charge in [-0.2, -0.15) is 0 Å². The Morgan fingerprint density at radius 1 is 1.25 bits per heavy atom. The normalized spacial score (nSPS) is 22.8. The maximum Gasteiger partial charge on any atom is 0.276 e. The first-order valence-corrected chi connectivity index (χ1v) is 4.90. The summed E-state index contributed by atoms with van der Waals surface area (Å²) >= 11 is 0.